The molecule has 12 rings (SSSR count). The van der Waals surface area contributed by atoms with E-state index in [1.807, 2.05) is 0 Å². The van der Waals surface area contributed by atoms with E-state index in [9.17, 15) is 0 Å². The quantitative estimate of drug-likeness (QED) is 0.167. The van der Waals surface area contributed by atoms with Gasteiger partial charge in [-0.1, -0.05) is 176 Å². The van der Waals surface area contributed by atoms with Crippen molar-refractivity contribution in [3.8, 4) is 22.3 Å². The maximum absolute atomic E-state index is 4.04. The predicted molar refractivity (Wildman–Crippen MR) is 311 cm³/mol. The van der Waals surface area contributed by atoms with E-state index in [4.69, 9.17) is 0 Å². The largest absolute Gasteiger partial charge is 0.361 e. The molecule has 1 unspecified atom stereocenters. The van der Waals surface area contributed by atoms with Crippen molar-refractivity contribution in [3.63, 3.8) is 0 Å². The zero-order valence-electron chi connectivity index (χ0n) is 43.7. The van der Waals surface area contributed by atoms with Crippen LogP contribution in [0.1, 0.15) is 141 Å². The molecule has 1 radical (unpaired) electrons. The number of hydrogen-bond acceptors (Lipinski definition) is 2. The summed E-state index contributed by atoms with van der Waals surface area (Å²) in [7, 11) is 3.20. The Kier molecular flexibility index (Phi) is 10.6. The van der Waals surface area contributed by atoms with Crippen molar-refractivity contribution in [1.29, 1.82) is 0 Å². The normalized spacial score (nSPS) is 17.5. The highest BCUT2D eigenvalue weighted by Crippen LogP contribution is 2.54. The summed E-state index contributed by atoms with van der Waals surface area (Å²) in [5.74, 6) is 0. The summed E-state index contributed by atoms with van der Waals surface area (Å²) in [5.41, 5.74) is 27.5. The summed E-state index contributed by atoms with van der Waals surface area (Å²) in [6, 6.07) is 46.9. The van der Waals surface area contributed by atoms with Gasteiger partial charge in [-0.3, -0.25) is 0 Å². The molecular weight excluding hydrogens is 875 g/mol. The molecule has 1 atom stereocenters. The monoisotopic (exact) mass is 942 g/mol. The van der Waals surface area contributed by atoms with Gasteiger partial charge in [0.05, 0.1) is 5.69 Å². The first-order chi connectivity index (χ1) is 33.9. The molecule has 4 heteroatoms. The predicted octanol–water partition coefficient (Wildman–Crippen LogP) is 16.9. The fraction of sp³-hybridized carbons (Fsp3) is 0.284. The molecule has 0 bridgehead atoms. The summed E-state index contributed by atoms with van der Waals surface area (Å²) in [5, 5.41) is 8.37. The Hall–Kier alpha value is -6.28. The van der Waals surface area contributed by atoms with Gasteiger partial charge in [0.15, 0.2) is 7.28 Å². The number of hydrogen-bond donors (Lipinski definition) is 1. The van der Waals surface area contributed by atoms with E-state index >= 15 is 0 Å². The first-order valence-corrected chi connectivity index (χ1v) is 27.1. The SMILES string of the molecule is Cc1ccc(C=CNc2c(-c3cc(C)cc4c3[B]c3cc5c(cc3N4c3cc4c(cc3C)C(C)(C)CCC4(C)C)C(C)(C)c3ccccc3C5(C)C)ccc3[pH]c4c(c23)CCC=C4)c(-c2ccccc2)c1. The van der Waals surface area contributed by atoms with Crippen LogP contribution in [0.3, 0.4) is 0 Å². The number of allylic oxidation sites excluding steroid dienone is 1. The van der Waals surface area contributed by atoms with Crippen LogP contribution in [0.25, 0.3) is 44.9 Å². The van der Waals surface area contributed by atoms with Gasteiger partial charge in [-0.05, 0) is 171 Å². The number of aryl methyl sites for hydroxylation is 4. The van der Waals surface area contributed by atoms with Crippen LogP contribution in [-0.4, -0.2) is 7.28 Å². The number of anilines is 4. The van der Waals surface area contributed by atoms with Crippen molar-refractivity contribution in [2.75, 3.05) is 10.2 Å². The molecule has 0 spiro atoms. The third-order valence-electron chi connectivity index (χ3n) is 17.3. The second kappa shape index (κ2) is 16.4. The number of nitrogens with zero attached hydrogens (tertiary/aromatic N) is 1. The average Bonchev–Trinajstić information content (AvgIpc) is 3.74. The number of fused-ring (bicyclic) bond motifs is 8. The van der Waals surface area contributed by atoms with Gasteiger partial charge in [-0.2, -0.15) is 0 Å². The van der Waals surface area contributed by atoms with Crippen molar-refractivity contribution < 1.29 is 0 Å². The summed E-state index contributed by atoms with van der Waals surface area (Å²) < 4.78 is 0. The van der Waals surface area contributed by atoms with Crippen LogP contribution in [0.15, 0.2) is 134 Å². The number of benzene rings is 7. The van der Waals surface area contributed by atoms with Gasteiger partial charge >= 0.3 is 0 Å². The second-order valence-corrected chi connectivity index (χ2v) is 25.1. The van der Waals surface area contributed by atoms with Crippen LogP contribution in [0, 0.1) is 20.8 Å². The Morgan fingerprint density at radius 3 is 1.99 bits per heavy atom. The van der Waals surface area contributed by atoms with Crippen molar-refractivity contribution >= 4 is 71.8 Å². The molecule has 1 aliphatic heterocycles. The van der Waals surface area contributed by atoms with Crippen LogP contribution < -0.4 is 21.1 Å². The van der Waals surface area contributed by atoms with Crippen molar-refractivity contribution in [3.05, 3.63) is 200 Å². The fourth-order valence-corrected chi connectivity index (χ4v) is 14.6. The lowest BCUT2D eigenvalue weighted by molar-refractivity contribution is 0.332. The van der Waals surface area contributed by atoms with Crippen molar-refractivity contribution in [1.82, 2.24) is 0 Å². The molecule has 0 saturated heterocycles. The summed E-state index contributed by atoms with van der Waals surface area (Å²) >= 11 is 0. The minimum Gasteiger partial charge on any atom is -0.361 e. The molecule has 8 aromatic rings. The summed E-state index contributed by atoms with van der Waals surface area (Å²) in [6.45, 7) is 26.4. The standard InChI is InChI=1S/C67H67BN2P/c1-40-25-26-44(47(33-40)43-19-13-12-14-20-43)29-32-69-63-45(27-28-60-61(63)46-21-15-18-24-59(46)71-60)48-34-41(2)35-58-62(48)68-55-37-53-54(67(10,11)50-23-17-16-22-49(50)66(53,8)9)39-57(55)70(58)56-38-52-51(36-42(56)3)64(4,5)30-31-65(52,6)7/h12-14,16-20,22-29,32-39,69,71H,15,21,30-31H2,1-11H3. The van der Waals surface area contributed by atoms with Gasteiger partial charge in [-0.15, -0.1) is 8.19 Å². The van der Waals surface area contributed by atoms with E-state index in [0.717, 1.165) is 12.8 Å². The molecule has 2 heterocycles. The van der Waals surface area contributed by atoms with Crippen LogP contribution in [0.2, 0.25) is 0 Å². The van der Waals surface area contributed by atoms with E-state index in [1.165, 1.54) is 146 Å². The van der Waals surface area contributed by atoms with Crippen molar-refractivity contribution in [2.45, 2.75) is 124 Å². The van der Waals surface area contributed by atoms with E-state index in [-0.39, 0.29) is 21.7 Å². The molecule has 353 valence electrons. The third kappa shape index (κ3) is 7.27. The maximum atomic E-state index is 4.04. The molecule has 3 aliphatic carbocycles. The highest BCUT2D eigenvalue weighted by Gasteiger charge is 2.44. The third-order valence-corrected chi connectivity index (χ3v) is 18.7. The average molecular weight is 942 g/mol. The lowest BCUT2D eigenvalue weighted by atomic mass is 9.54. The Morgan fingerprint density at radius 1 is 0.592 bits per heavy atom. The Balaban J connectivity index is 1.10. The molecule has 4 aliphatic rings. The topological polar surface area (TPSA) is 15.3 Å². The van der Waals surface area contributed by atoms with Gasteiger partial charge in [-0.25, -0.2) is 0 Å². The fourth-order valence-electron chi connectivity index (χ4n) is 13.1. The Bertz CT molecular complexity index is 3580. The number of nitrogens with one attached hydrogen (secondary N) is 1. The van der Waals surface area contributed by atoms with Crippen LogP contribution in [-0.2, 0) is 28.1 Å². The van der Waals surface area contributed by atoms with E-state index in [0.29, 0.717) is 8.19 Å². The smallest absolute Gasteiger partial charge is 0.197 e. The molecule has 0 amide bonds. The highest BCUT2D eigenvalue weighted by molar-refractivity contribution is 7.39. The van der Waals surface area contributed by atoms with Gasteiger partial charge in [0.1, 0.15) is 0 Å². The van der Waals surface area contributed by atoms with Gasteiger partial charge in [0.2, 0.25) is 0 Å². The molecule has 7 aromatic carbocycles. The molecular formula is C67H67BN2P. The molecule has 2 nitrogen and oxygen atoms in total. The first-order valence-electron chi connectivity index (χ1n) is 26.1. The lowest BCUT2D eigenvalue weighted by Gasteiger charge is -2.46. The minimum atomic E-state index is -0.182. The zero-order chi connectivity index (χ0) is 49.4. The molecule has 0 saturated carbocycles. The summed E-state index contributed by atoms with van der Waals surface area (Å²) in [4.78, 5) is 2.68. The summed E-state index contributed by atoms with van der Waals surface area (Å²) in [6.07, 6.45) is 13.8. The molecule has 1 aromatic heterocycles. The first kappa shape index (κ1) is 45.8. The van der Waals surface area contributed by atoms with Crippen molar-refractivity contribution in [2.24, 2.45) is 0 Å². The molecule has 0 fully saturated rings. The zero-order valence-corrected chi connectivity index (χ0v) is 44.7. The van der Waals surface area contributed by atoms with Crippen LogP contribution in [0.5, 0.6) is 0 Å². The van der Waals surface area contributed by atoms with Gasteiger partial charge in [0.25, 0.3) is 0 Å². The van der Waals surface area contributed by atoms with Gasteiger partial charge < -0.3 is 10.2 Å². The van der Waals surface area contributed by atoms with Gasteiger partial charge in [0, 0.05) is 50.2 Å². The van der Waals surface area contributed by atoms with E-state index in [1.54, 1.807) is 0 Å². The van der Waals surface area contributed by atoms with E-state index < -0.39 is 0 Å². The lowest BCUT2D eigenvalue weighted by Crippen LogP contribution is -2.44. The minimum absolute atomic E-state index is 0.0612. The molecule has 71 heavy (non-hydrogen) atoms. The molecule has 1 N–H and O–H groups in total. The van der Waals surface area contributed by atoms with Crippen LogP contribution in [0.4, 0.5) is 22.7 Å². The Labute approximate surface area is 425 Å². The number of rotatable bonds is 6. The Morgan fingerprint density at radius 2 is 1.25 bits per heavy atom. The highest BCUT2D eigenvalue weighted by atomic mass is 31.0. The van der Waals surface area contributed by atoms with Crippen LogP contribution >= 0.6 is 8.19 Å². The van der Waals surface area contributed by atoms with E-state index in [2.05, 4.69) is 239 Å². The second-order valence-electron chi connectivity index (χ2n) is 23.7. The maximum Gasteiger partial charge on any atom is 0.197 e.